The van der Waals surface area contributed by atoms with Gasteiger partial charge in [0.1, 0.15) is 0 Å². The van der Waals surface area contributed by atoms with Crippen LogP contribution in [0.1, 0.15) is 34.1 Å². The Balaban J connectivity index is 4.51. The number of rotatable bonds is 6. The lowest BCUT2D eigenvalue weighted by Gasteiger charge is -2.42. The van der Waals surface area contributed by atoms with Crippen LogP contribution in [0.2, 0.25) is 0 Å². The summed E-state index contributed by atoms with van der Waals surface area (Å²) in [7, 11) is 6.41. The van der Waals surface area contributed by atoms with Gasteiger partial charge in [-0.3, -0.25) is 0 Å². The van der Waals surface area contributed by atoms with Gasteiger partial charge in [-0.1, -0.05) is 27.7 Å². The Bertz CT molecular complexity index is 184. The summed E-state index contributed by atoms with van der Waals surface area (Å²) in [5, 5.41) is 0. The quantitative estimate of drug-likeness (QED) is 0.751. The summed E-state index contributed by atoms with van der Waals surface area (Å²) in [6.45, 7) is 11.2. The summed E-state index contributed by atoms with van der Waals surface area (Å²) in [5.74, 6) is 0. The van der Waals surface area contributed by atoms with Crippen LogP contribution in [0.5, 0.6) is 0 Å². The molecule has 0 aromatic rings. The minimum atomic E-state index is 0.233. The molecular weight excluding hydrogens is 198 g/mol. The first-order valence-corrected chi connectivity index (χ1v) is 6.30. The average molecular weight is 229 g/mol. The van der Waals surface area contributed by atoms with Gasteiger partial charge in [0.15, 0.2) is 0 Å². The maximum Gasteiger partial charge on any atom is 0.0292 e. The molecule has 0 amide bonds. The largest absolute Gasteiger partial charge is 0.326 e. The lowest BCUT2D eigenvalue weighted by Crippen LogP contribution is -2.54. The second kappa shape index (κ2) is 6.58. The van der Waals surface area contributed by atoms with Crippen LogP contribution in [0.4, 0.5) is 0 Å². The van der Waals surface area contributed by atoms with E-state index in [4.69, 9.17) is 5.73 Å². The lowest BCUT2D eigenvalue weighted by atomic mass is 9.80. The van der Waals surface area contributed by atoms with E-state index in [1.165, 1.54) is 0 Å². The standard InChI is InChI=1S/C13H31N3/c1-8-11(14)12(13(2,3)4)16(7)10-9-15(5)6/h11-12H,8-10,14H2,1-7H3. The van der Waals surface area contributed by atoms with Crippen molar-refractivity contribution in [1.29, 1.82) is 0 Å². The number of hydrogen-bond acceptors (Lipinski definition) is 3. The van der Waals surface area contributed by atoms with Crippen LogP contribution in [0, 0.1) is 5.41 Å². The Kier molecular flexibility index (Phi) is 6.53. The predicted molar refractivity (Wildman–Crippen MR) is 72.7 cm³/mol. The zero-order chi connectivity index (χ0) is 12.9. The normalized spacial score (nSPS) is 16.9. The molecule has 0 fully saturated rings. The van der Waals surface area contributed by atoms with Crippen LogP contribution in [-0.4, -0.2) is 56.1 Å². The molecule has 2 unspecified atom stereocenters. The van der Waals surface area contributed by atoms with E-state index in [0.717, 1.165) is 19.5 Å². The first kappa shape index (κ1) is 15.9. The molecule has 0 aliphatic carbocycles. The molecule has 0 aliphatic heterocycles. The molecule has 0 aliphatic rings. The van der Waals surface area contributed by atoms with Crippen LogP contribution in [0.3, 0.4) is 0 Å². The van der Waals surface area contributed by atoms with Crippen molar-refractivity contribution in [3.8, 4) is 0 Å². The molecule has 0 radical (unpaired) electrons. The Morgan fingerprint density at radius 2 is 1.56 bits per heavy atom. The molecule has 0 spiro atoms. The SMILES string of the molecule is CCC(N)C(N(C)CCN(C)C)C(C)(C)C. The van der Waals surface area contributed by atoms with Crippen LogP contribution < -0.4 is 5.73 Å². The van der Waals surface area contributed by atoms with Crippen molar-refractivity contribution in [2.45, 2.75) is 46.2 Å². The van der Waals surface area contributed by atoms with E-state index in [0.29, 0.717) is 6.04 Å². The topological polar surface area (TPSA) is 32.5 Å². The molecule has 0 saturated heterocycles. The smallest absolute Gasteiger partial charge is 0.0292 e. The molecule has 2 atom stereocenters. The molecular formula is C13H31N3. The molecule has 3 heteroatoms. The summed E-state index contributed by atoms with van der Waals surface area (Å²) in [6.07, 6.45) is 1.04. The number of hydrogen-bond donors (Lipinski definition) is 1. The van der Waals surface area contributed by atoms with Crippen LogP contribution >= 0.6 is 0 Å². The van der Waals surface area contributed by atoms with E-state index in [1.807, 2.05) is 0 Å². The van der Waals surface area contributed by atoms with Gasteiger partial charge >= 0.3 is 0 Å². The van der Waals surface area contributed by atoms with E-state index in [-0.39, 0.29) is 11.5 Å². The third-order valence-corrected chi connectivity index (χ3v) is 3.14. The third kappa shape index (κ3) is 5.28. The van der Waals surface area contributed by atoms with E-state index in [1.54, 1.807) is 0 Å². The van der Waals surface area contributed by atoms with Crippen molar-refractivity contribution < 1.29 is 0 Å². The van der Waals surface area contributed by atoms with Gasteiger partial charge in [0.05, 0.1) is 0 Å². The highest BCUT2D eigenvalue weighted by Crippen LogP contribution is 2.26. The highest BCUT2D eigenvalue weighted by atomic mass is 15.2. The zero-order valence-corrected chi connectivity index (χ0v) is 12.2. The molecule has 0 rings (SSSR count). The van der Waals surface area contributed by atoms with E-state index >= 15 is 0 Å². The zero-order valence-electron chi connectivity index (χ0n) is 12.2. The average Bonchev–Trinajstić information content (AvgIpc) is 2.12. The van der Waals surface area contributed by atoms with E-state index in [2.05, 4.69) is 58.6 Å². The Morgan fingerprint density at radius 3 is 1.88 bits per heavy atom. The summed E-state index contributed by atoms with van der Waals surface area (Å²) < 4.78 is 0. The maximum absolute atomic E-state index is 6.26. The molecule has 98 valence electrons. The molecule has 0 saturated carbocycles. The minimum absolute atomic E-state index is 0.233. The highest BCUT2D eigenvalue weighted by Gasteiger charge is 2.32. The summed E-state index contributed by atoms with van der Waals surface area (Å²) in [4.78, 5) is 4.63. The van der Waals surface area contributed by atoms with Gasteiger partial charge in [-0.05, 0) is 33.0 Å². The van der Waals surface area contributed by atoms with Crippen molar-refractivity contribution in [1.82, 2.24) is 9.80 Å². The highest BCUT2D eigenvalue weighted by molar-refractivity contribution is 4.89. The molecule has 3 nitrogen and oxygen atoms in total. The van der Waals surface area contributed by atoms with Gasteiger partial charge in [0.25, 0.3) is 0 Å². The van der Waals surface area contributed by atoms with Crippen LogP contribution in [0.15, 0.2) is 0 Å². The number of nitrogens with zero attached hydrogens (tertiary/aromatic N) is 2. The van der Waals surface area contributed by atoms with Crippen molar-refractivity contribution in [2.75, 3.05) is 34.2 Å². The Morgan fingerprint density at radius 1 is 1.06 bits per heavy atom. The van der Waals surface area contributed by atoms with Gasteiger partial charge in [0, 0.05) is 25.2 Å². The fourth-order valence-corrected chi connectivity index (χ4v) is 2.35. The fourth-order valence-electron chi connectivity index (χ4n) is 2.35. The number of likely N-dealkylation sites (N-methyl/N-ethyl adjacent to an activating group) is 2. The summed E-state index contributed by atoms with van der Waals surface area (Å²) >= 11 is 0. The van der Waals surface area contributed by atoms with Gasteiger partial charge in [-0.2, -0.15) is 0 Å². The van der Waals surface area contributed by atoms with Crippen molar-refractivity contribution in [3.63, 3.8) is 0 Å². The predicted octanol–water partition coefficient (Wildman–Crippen LogP) is 1.63. The summed E-state index contributed by atoms with van der Waals surface area (Å²) in [5.41, 5.74) is 6.49. The summed E-state index contributed by atoms with van der Waals surface area (Å²) in [6, 6.07) is 0.699. The second-order valence-electron chi connectivity index (χ2n) is 6.17. The van der Waals surface area contributed by atoms with E-state index < -0.39 is 0 Å². The molecule has 2 N–H and O–H groups in total. The van der Waals surface area contributed by atoms with Crippen LogP contribution in [-0.2, 0) is 0 Å². The molecule has 16 heavy (non-hydrogen) atoms. The number of nitrogens with two attached hydrogens (primary N) is 1. The monoisotopic (exact) mass is 229 g/mol. The van der Waals surface area contributed by atoms with Crippen LogP contribution in [0.25, 0.3) is 0 Å². The van der Waals surface area contributed by atoms with Gasteiger partial charge in [-0.25, -0.2) is 0 Å². The molecule has 0 aromatic heterocycles. The van der Waals surface area contributed by atoms with Gasteiger partial charge in [0.2, 0.25) is 0 Å². The van der Waals surface area contributed by atoms with Crippen molar-refractivity contribution in [2.24, 2.45) is 11.1 Å². The Labute approximate surface area is 102 Å². The minimum Gasteiger partial charge on any atom is -0.326 e. The molecule has 0 heterocycles. The Hall–Kier alpha value is -0.120. The fraction of sp³-hybridized carbons (Fsp3) is 1.00. The van der Waals surface area contributed by atoms with Crippen molar-refractivity contribution in [3.05, 3.63) is 0 Å². The second-order valence-corrected chi connectivity index (χ2v) is 6.17. The maximum atomic E-state index is 6.26. The third-order valence-electron chi connectivity index (χ3n) is 3.14. The first-order chi connectivity index (χ1) is 7.20. The molecule has 0 bridgehead atoms. The van der Waals surface area contributed by atoms with E-state index in [9.17, 15) is 0 Å². The molecule has 0 aromatic carbocycles. The van der Waals surface area contributed by atoms with Gasteiger partial charge < -0.3 is 15.5 Å². The van der Waals surface area contributed by atoms with Crippen molar-refractivity contribution >= 4 is 0 Å². The first-order valence-electron chi connectivity index (χ1n) is 6.30. The van der Waals surface area contributed by atoms with Gasteiger partial charge in [-0.15, -0.1) is 0 Å². The lowest BCUT2D eigenvalue weighted by molar-refractivity contribution is 0.0936.